The minimum absolute atomic E-state index is 0.439. The summed E-state index contributed by atoms with van der Waals surface area (Å²) in [4.78, 5) is 3.53. The molecule has 8 heteroatoms. The summed E-state index contributed by atoms with van der Waals surface area (Å²) in [6.07, 6.45) is 0. The van der Waals surface area contributed by atoms with E-state index in [2.05, 4.69) is 4.90 Å². The Labute approximate surface area is 156 Å². The molecule has 130 valence electrons. The van der Waals surface area contributed by atoms with Crippen LogP contribution in [-0.4, -0.2) is 56.1 Å². The monoisotopic (exact) mass is 402 g/mol. The minimum atomic E-state index is -3.30. The molecule has 1 saturated heterocycles. The summed E-state index contributed by atoms with van der Waals surface area (Å²) in [6.45, 7) is 3.65. The van der Waals surface area contributed by atoms with E-state index in [9.17, 15) is 8.42 Å². The Morgan fingerprint density at radius 1 is 1.08 bits per heavy atom. The topological polar surface area (TPSA) is 40.6 Å². The van der Waals surface area contributed by atoms with Gasteiger partial charge in [0, 0.05) is 48.4 Å². The molecule has 0 unspecified atom stereocenters. The summed E-state index contributed by atoms with van der Waals surface area (Å²) in [7, 11) is -3.30. The summed E-state index contributed by atoms with van der Waals surface area (Å²) < 4.78 is 27.0. The standard InChI is InChI=1S/C16H19ClN2O2S3/c17-14-3-5-15(6-4-14)22-13-11-18-7-9-19(10-8-18)24(20,21)16-2-1-12-23-16/h1-6,12H,7-11,13H2. The minimum Gasteiger partial charge on any atom is -0.300 e. The van der Waals surface area contributed by atoms with Crippen LogP contribution in [0.2, 0.25) is 5.02 Å². The van der Waals surface area contributed by atoms with E-state index in [0.717, 1.165) is 30.4 Å². The molecule has 2 aromatic rings. The van der Waals surface area contributed by atoms with E-state index >= 15 is 0 Å². The zero-order chi connectivity index (χ0) is 17.0. The van der Waals surface area contributed by atoms with Crippen LogP contribution in [0.3, 0.4) is 0 Å². The predicted molar refractivity (Wildman–Crippen MR) is 102 cm³/mol. The number of piperazine rings is 1. The van der Waals surface area contributed by atoms with E-state index in [1.54, 1.807) is 33.6 Å². The molecule has 1 fully saturated rings. The number of sulfonamides is 1. The van der Waals surface area contributed by atoms with Crippen molar-refractivity contribution in [3.8, 4) is 0 Å². The lowest BCUT2D eigenvalue weighted by Crippen LogP contribution is -2.48. The highest BCUT2D eigenvalue weighted by Gasteiger charge is 2.28. The lowest BCUT2D eigenvalue weighted by molar-refractivity contribution is 0.198. The van der Waals surface area contributed by atoms with Crippen LogP contribution in [0.25, 0.3) is 0 Å². The first-order chi connectivity index (χ1) is 11.6. The van der Waals surface area contributed by atoms with Gasteiger partial charge >= 0.3 is 0 Å². The molecule has 0 radical (unpaired) electrons. The molecule has 0 amide bonds. The fraction of sp³-hybridized carbons (Fsp3) is 0.375. The molecule has 1 aliphatic rings. The summed E-state index contributed by atoms with van der Waals surface area (Å²) in [5.74, 6) is 0.985. The summed E-state index contributed by atoms with van der Waals surface area (Å²) in [5.41, 5.74) is 0. The molecule has 3 rings (SSSR count). The molecule has 0 aliphatic carbocycles. The average Bonchev–Trinajstić information content (AvgIpc) is 3.13. The maximum absolute atomic E-state index is 12.5. The van der Waals surface area contributed by atoms with Gasteiger partial charge in [0.15, 0.2) is 0 Å². The van der Waals surface area contributed by atoms with E-state index < -0.39 is 10.0 Å². The third kappa shape index (κ3) is 4.53. The Morgan fingerprint density at radius 2 is 1.79 bits per heavy atom. The number of thioether (sulfide) groups is 1. The van der Waals surface area contributed by atoms with Crippen molar-refractivity contribution in [3.63, 3.8) is 0 Å². The number of hydrogen-bond acceptors (Lipinski definition) is 5. The number of rotatable bonds is 6. The van der Waals surface area contributed by atoms with Crippen LogP contribution < -0.4 is 0 Å². The molecule has 0 bridgehead atoms. The maximum Gasteiger partial charge on any atom is 0.252 e. The molecule has 1 aromatic heterocycles. The van der Waals surface area contributed by atoms with Crippen molar-refractivity contribution in [1.82, 2.24) is 9.21 Å². The zero-order valence-corrected chi connectivity index (χ0v) is 16.3. The van der Waals surface area contributed by atoms with E-state index in [4.69, 9.17) is 11.6 Å². The Kier molecular flexibility index (Phi) is 6.23. The molecule has 2 heterocycles. The van der Waals surface area contributed by atoms with Gasteiger partial charge in [0.1, 0.15) is 4.21 Å². The first-order valence-corrected chi connectivity index (χ1v) is 11.4. The maximum atomic E-state index is 12.5. The van der Waals surface area contributed by atoms with Gasteiger partial charge in [0.2, 0.25) is 0 Å². The molecule has 0 atom stereocenters. The first-order valence-electron chi connectivity index (χ1n) is 7.70. The Bertz CT molecular complexity index is 740. The van der Waals surface area contributed by atoms with Crippen molar-refractivity contribution in [2.75, 3.05) is 38.5 Å². The molecular formula is C16H19ClN2O2S3. The second-order valence-electron chi connectivity index (χ2n) is 5.48. The lowest BCUT2D eigenvalue weighted by Gasteiger charge is -2.33. The third-order valence-electron chi connectivity index (χ3n) is 3.91. The highest BCUT2D eigenvalue weighted by atomic mass is 35.5. The summed E-state index contributed by atoms with van der Waals surface area (Å²) >= 11 is 8.96. The third-order valence-corrected chi connectivity index (χ3v) is 8.43. The Balaban J connectivity index is 1.45. The van der Waals surface area contributed by atoms with Crippen molar-refractivity contribution >= 4 is 44.7 Å². The molecule has 0 N–H and O–H groups in total. The van der Waals surface area contributed by atoms with Gasteiger partial charge in [0.25, 0.3) is 10.0 Å². The van der Waals surface area contributed by atoms with Crippen LogP contribution in [0.1, 0.15) is 0 Å². The van der Waals surface area contributed by atoms with Crippen LogP contribution in [-0.2, 0) is 10.0 Å². The fourth-order valence-corrected chi connectivity index (χ4v) is 6.16. The van der Waals surface area contributed by atoms with Gasteiger partial charge in [-0.15, -0.1) is 23.1 Å². The Hall–Kier alpha value is -0.570. The summed E-state index contributed by atoms with van der Waals surface area (Å²) in [5, 5.41) is 2.55. The number of benzene rings is 1. The second kappa shape index (κ2) is 8.21. The number of halogens is 1. The Morgan fingerprint density at radius 3 is 2.42 bits per heavy atom. The molecular weight excluding hydrogens is 384 g/mol. The van der Waals surface area contributed by atoms with Gasteiger partial charge in [-0.2, -0.15) is 4.31 Å². The predicted octanol–water partition coefficient (Wildman–Crippen LogP) is 3.50. The molecule has 24 heavy (non-hydrogen) atoms. The lowest BCUT2D eigenvalue weighted by atomic mass is 10.4. The van der Waals surface area contributed by atoms with Crippen LogP contribution in [0, 0.1) is 0 Å². The van der Waals surface area contributed by atoms with Gasteiger partial charge in [0.05, 0.1) is 0 Å². The van der Waals surface area contributed by atoms with Gasteiger partial charge in [-0.1, -0.05) is 17.7 Å². The second-order valence-corrected chi connectivity index (χ2v) is 10.2. The average molecular weight is 403 g/mol. The highest BCUT2D eigenvalue weighted by Crippen LogP contribution is 2.23. The van der Waals surface area contributed by atoms with Crippen LogP contribution in [0.5, 0.6) is 0 Å². The van der Waals surface area contributed by atoms with Crippen LogP contribution in [0.15, 0.2) is 50.9 Å². The first kappa shape index (κ1) is 18.2. The van der Waals surface area contributed by atoms with E-state index in [-0.39, 0.29) is 0 Å². The summed E-state index contributed by atoms with van der Waals surface area (Å²) in [6, 6.07) is 11.3. The molecule has 0 spiro atoms. The van der Waals surface area contributed by atoms with Crippen LogP contribution in [0.4, 0.5) is 0 Å². The number of nitrogens with zero attached hydrogens (tertiary/aromatic N) is 2. The number of hydrogen-bond donors (Lipinski definition) is 0. The molecule has 1 aliphatic heterocycles. The molecule has 0 saturated carbocycles. The fourth-order valence-electron chi connectivity index (χ4n) is 2.55. The van der Waals surface area contributed by atoms with Crippen LogP contribution >= 0.6 is 34.7 Å². The van der Waals surface area contributed by atoms with Crippen molar-refractivity contribution in [2.45, 2.75) is 9.10 Å². The van der Waals surface area contributed by atoms with Gasteiger partial charge in [-0.25, -0.2) is 8.42 Å². The van der Waals surface area contributed by atoms with E-state index in [1.807, 2.05) is 24.3 Å². The van der Waals surface area contributed by atoms with Gasteiger partial charge in [-0.05, 0) is 35.7 Å². The van der Waals surface area contributed by atoms with Crippen molar-refractivity contribution in [2.24, 2.45) is 0 Å². The normalized spacial score (nSPS) is 17.2. The van der Waals surface area contributed by atoms with Gasteiger partial charge < -0.3 is 0 Å². The van der Waals surface area contributed by atoms with Crippen molar-refractivity contribution in [3.05, 3.63) is 46.8 Å². The zero-order valence-electron chi connectivity index (χ0n) is 13.1. The SMILES string of the molecule is O=S(=O)(c1cccs1)N1CCN(CCSc2ccc(Cl)cc2)CC1. The molecule has 1 aromatic carbocycles. The van der Waals surface area contributed by atoms with Crippen molar-refractivity contribution < 1.29 is 8.42 Å². The highest BCUT2D eigenvalue weighted by molar-refractivity contribution is 7.99. The van der Waals surface area contributed by atoms with Crippen molar-refractivity contribution in [1.29, 1.82) is 0 Å². The molecule has 4 nitrogen and oxygen atoms in total. The largest absolute Gasteiger partial charge is 0.300 e. The van der Waals surface area contributed by atoms with E-state index in [1.165, 1.54) is 16.2 Å². The quantitative estimate of drug-likeness (QED) is 0.693. The van der Waals surface area contributed by atoms with Gasteiger partial charge in [-0.3, -0.25) is 4.90 Å². The number of thiophene rings is 1. The van der Waals surface area contributed by atoms with E-state index in [0.29, 0.717) is 17.3 Å². The smallest absolute Gasteiger partial charge is 0.252 e.